The van der Waals surface area contributed by atoms with E-state index in [1.54, 1.807) is 25.1 Å². The van der Waals surface area contributed by atoms with Crippen molar-refractivity contribution < 1.29 is 38.5 Å². The van der Waals surface area contributed by atoms with Gasteiger partial charge in [0.2, 0.25) is 0 Å². The summed E-state index contributed by atoms with van der Waals surface area (Å²) in [5.74, 6) is -2.12. The molecule has 0 unspecified atom stereocenters. The molecule has 1 heterocycles. The summed E-state index contributed by atoms with van der Waals surface area (Å²) in [6.07, 6.45) is 0.227. The number of benzene rings is 1. The summed E-state index contributed by atoms with van der Waals surface area (Å²) >= 11 is 0.662. The molecule has 0 spiro atoms. The molecule has 2 amide bonds. The predicted octanol–water partition coefficient (Wildman–Crippen LogP) is 2.15. The van der Waals surface area contributed by atoms with Gasteiger partial charge in [-0.25, -0.2) is 4.79 Å². The van der Waals surface area contributed by atoms with Crippen LogP contribution in [0.2, 0.25) is 0 Å². The highest BCUT2D eigenvalue weighted by Crippen LogP contribution is 2.37. The molecule has 1 saturated heterocycles. The van der Waals surface area contributed by atoms with Gasteiger partial charge < -0.3 is 19.3 Å². The Morgan fingerprint density at radius 2 is 2.04 bits per heavy atom. The maximum Gasteiger partial charge on any atom is 0.344 e. The Balaban J connectivity index is 2.34. The van der Waals surface area contributed by atoms with Crippen molar-refractivity contribution in [3.8, 4) is 11.5 Å². The van der Waals surface area contributed by atoms with Crippen LogP contribution in [-0.2, 0) is 19.1 Å². The maximum atomic E-state index is 12.5. The van der Waals surface area contributed by atoms with E-state index in [0.717, 1.165) is 4.90 Å². The fraction of sp³-hybridized carbons (Fsp3) is 0.333. The van der Waals surface area contributed by atoms with Crippen LogP contribution in [0, 0.1) is 0 Å². The molecule has 1 aromatic carbocycles. The molecule has 1 N–H and O–H groups in total. The zero-order valence-corrected chi connectivity index (χ0v) is 16.3. The smallest absolute Gasteiger partial charge is 0.344 e. The largest absolute Gasteiger partial charge is 0.493 e. The van der Waals surface area contributed by atoms with E-state index in [0.29, 0.717) is 17.3 Å². The van der Waals surface area contributed by atoms with Crippen molar-refractivity contribution in [3.63, 3.8) is 0 Å². The van der Waals surface area contributed by atoms with E-state index in [2.05, 4.69) is 0 Å². The summed E-state index contributed by atoms with van der Waals surface area (Å²) in [6.45, 7) is 2.63. The van der Waals surface area contributed by atoms with Crippen LogP contribution in [0.3, 0.4) is 0 Å². The fourth-order valence-corrected chi connectivity index (χ4v) is 3.10. The van der Waals surface area contributed by atoms with Gasteiger partial charge in [0.05, 0.1) is 18.6 Å². The van der Waals surface area contributed by atoms with Crippen LogP contribution < -0.4 is 9.47 Å². The standard InChI is InChI=1S/C18H19NO8S/c1-4-26-14(20)9-19-16(21)13(28-18(19)24)8-11-6-5-7-12(25-3)15(11)27-10(2)17(22)23/h5-8,10H,4,9H2,1-3H3,(H,22,23)/b13-8+/t10-/m0/s1. The second kappa shape index (κ2) is 9.27. The highest BCUT2D eigenvalue weighted by molar-refractivity contribution is 8.18. The van der Waals surface area contributed by atoms with Crippen molar-refractivity contribution >= 4 is 40.9 Å². The molecule has 1 aliphatic rings. The number of methoxy groups -OCH3 is 1. The number of nitrogens with zero attached hydrogens (tertiary/aromatic N) is 1. The second-order valence-corrected chi connectivity index (χ2v) is 6.54. The molecule has 0 bridgehead atoms. The Labute approximate surface area is 165 Å². The number of carbonyl (C=O) groups excluding carboxylic acids is 3. The molecule has 150 valence electrons. The summed E-state index contributed by atoms with van der Waals surface area (Å²) < 4.78 is 15.4. The number of ether oxygens (including phenoxy) is 3. The molecule has 0 radical (unpaired) electrons. The average Bonchev–Trinajstić information content (AvgIpc) is 2.90. The molecule has 9 nitrogen and oxygen atoms in total. The summed E-state index contributed by atoms with van der Waals surface area (Å²) in [5.41, 5.74) is 0.356. The molecule has 0 aliphatic carbocycles. The SMILES string of the molecule is CCOC(=O)CN1C(=O)S/C(=C/c2cccc(OC)c2O[C@@H](C)C(=O)O)C1=O. The molecular weight excluding hydrogens is 390 g/mol. The van der Waals surface area contributed by atoms with Gasteiger partial charge in [-0.1, -0.05) is 12.1 Å². The van der Waals surface area contributed by atoms with Gasteiger partial charge in [-0.2, -0.15) is 0 Å². The molecule has 2 rings (SSSR count). The van der Waals surface area contributed by atoms with Gasteiger partial charge in [-0.3, -0.25) is 19.3 Å². The highest BCUT2D eigenvalue weighted by Gasteiger charge is 2.37. The number of thioether (sulfide) groups is 1. The fourth-order valence-electron chi connectivity index (χ4n) is 2.27. The van der Waals surface area contributed by atoms with E-state index in [1.807, 2.05) is 0 Å². The molecule has 1 aromatic rings. The van der Waals surface area contributed by atoms with Crippen LogP contribution >= 0.6 is 11.8 Å². The molecule has 0 saturated carbocycles. The lowest BCUT2D eigenvalue weighted by Gasteiger charge is -2.16. The van der Waals surface area contributed by atoms with Crippen LogP contribution in [0.1, 0.15) is 19.4 Å². The van der Waals surface area contributed by atoms with E-state index in [1.165, 1.54) is 20.1 Å². The zero-order valence-electron chi connectivity index (χ0n) is 15.5. The number of carboxylic acid groups (broad SMARTS) is 1. The second-order valence-electron chi connectivity index (χ2n) is 5.55. The van der Waals surface area contributed by atoms with Crippen molar-refractivity contribution in [2.45, 2.75) is 20.0 Å². The minimum atomic E-state index is -1.17. The number of hydrogen-bond donors (Lipinski definition) is 1. The van der Waals surface area contributed by atoms with Crippen molar-refractivity contribution in [2.75, 3.05) is 20.3 Å². The molecular formula is C18H19NO8S. The minimum Gasteiger partial charge on any atom is -0.493 e. The van der Waals surface area contributed by atoms with Gasteiger partial charge in [0, 0.05) is 5.56 Å². The third kappa shape index (κ3) is 4.83. The van der Waals surface area contributed by atoms with Gasteiger partial charge in [-0.05, 0) is 37.8 Å². The van der Waals surface area contributed by atoms with E-state index in [4.69, 9.17) is 19.3 Å². The van der Waals surface area contributed by atoms with Gasteiger partial charge in [0.1, 0.15) is 6.54 Å². The zero-order chi connectivity index (χ0) is 20.8. The van der Waals surface area contributed by atoms with Crippen LogP contribution in [0.5, 0.6) is 11.5 Å². The number of para-hydroxylation sites is 1. The third-order valence-corrected chi connectivity index (χ3v) is 4.53. The van der Waals surface area contributed by atoms with Crippen LogP contribution in [0.15, 0.2) is 23.1 Å². The van der Waals surface area contributed by atoms with Gasteiger partial charge in [0.15, 0.2) is 17.6 Å². The summed E-state index contributed by atoms with van der Waals surface area (Å²) in [6, 6.07) is 4.80. The number of aliphatic carboxylic acids is 1. The van der Waals surface area contributed by atoms with Gasteiger partial charge >= 0.3 is 11.9 Å². The lowest BCUT2D eigenvalue weighted by molar-refractivity contribution is -0.146. The molecule has 1 fully saturated rings. The molecule has 1 atom stereocenters. The number of carbonyl (C=O) groups is 4. The lowest BCUT2D eigenvalue weighted by Crippen LogP contribution is -2.34. The van der Waals surface area contributed by atoms with E-state index in [9.17, 15) is 19.2 Å². The first kappa shape index (κ1) is 21.3. The van der Waals surface area contributed by atoms with Crippen molar-refractivity contribution in [1.82, 2.24) is 4.90 Å². The van der Waals surface area contributed by atoms with Crippen LogP contribution in [0.4, 0.5) is 4.79 Å². The van der Waals surface area contributed by atoms with Crippen molar-refractivity contribution in [3.05, 3.63) is 28.7 Å². The Hall–Kier alpha value is -3.01. The molecule has 1 aliphatic heterocycles. The summed E-state index contributed by atoms with van der Waals surface area (Å²) in [7, 11) is 1.39. The minimum absolute atomic E-state index is 0.0652. The van der Waals surface area contributed by atoms with E-state index in [-0.39, 0.29) is 23.0 Å². The number of hydrogen-bond acceptors (Lipinski definition) is 8. The quantitative estimate of drug-likeness (QED) is 0.508. The highest BCUT2D eigenvalue weighted by atomic mass is 32.2. The number of rotatable bonds is 8. The third-order valence-electron chi connectivity index (χ3n) is 3.62. The van der Waals surface area contributed by atoms with E-state index < -0.39 is 35.7 Å². The van der Waals surface area contributed by atoms with Crippen LogP contribution in [0.25, 0.3) is 6.08 Å². The monoisotopic (exact) mass is 409 g/mol. The molecule has 0 aromatic heterocycles. The Bertz CT molecular complexity index is 835. The van der Waals surface area contributed by atoms with Crippen molar-refractivity contribution in [1.29, 1.82) is 0 Å². The first-order valence-electron chi connectivity index (χ1n) is 8.25. The average molecular weight is 409 g/mol. The normalized spacial score (nSPS) is 16.2. The Kier molecular flexibility index (Phi) is 7.05. The Morgan fingerprint density at radius 3 is 2.64 bits per heavy atom. The number of imide groups is 1. The first-order chi connectivity index (χ1) is 13.3. The first-order valence-corrected chi connectivity index (χ1v) is 9.07. The van der Waals surface area contributed by atoms with Crippen LogP contribution in [-0.4, -0.2) is 59.5 Å². The predicted molar refractivity (Wildman–Crippen MR) is 100 cm³/mol. The summed E-state index contributed by atoms with van der Waals surface area (Å²) in [4.78, 5) is 48.1. The number of esters is 1. The van der Waals surface area contributed by atoms with Gasteiger partial charge in [0.25, 0.3) is 11.1 Å². The lowest BCUT2D eigenvalue weighted by atomic mass is 10.1. The molecule has 28 heavy (non-hydrogen) atoms. The van der Waals surface area contributed by atoms with E-state index >= 15 is 0 Å². The van der Waals surface area contributed by atoms with Gasteiger partial charge in [-0.15, -0.1) is 0 Å². The topological polar surface area (TPSA) is 119 Å². The number of amides is 2. The number of carboxylic acids is 1. The summed E-state index contributed by atoms with van der Waals surface area (Å²) in [5, 5.41) is 8.48. The molecule has 10 heteroatoms. The van der Waals surface area contributed by atoms with Crippen molar-refractivity contribution in [2.24, 2.45) is 0 Å². The Morgan fingerprint density at radius 1 is 1.32 bits per heavy atom. The maximum absolute atomic E-state index is 12.5.